The first-order valence-electron chi connectivity index (χ1n) is 6.49. The van der Waals surface area contributed by atoms with Crippen LogP contribution in [-0.2, 0) is 0 Å². The van der Waals surface area contributed by atoms with Crippen molar-refractivity contribution in [2.75, 3.05) is 21.2 Å². The predicted octanol–water partition coefficient (Wildman–Crippen LogP) is 3.42. The molecular weight excluding hydrogens is 308 g/mol. The molecule has 6 nitrogen and oxygen atoms in total. The van der Waals surface area contributed by atoms with E-state index in [9.17, 15) is 9.90 Å². The van der Waals surface area contributed by atoms with Gasteiger partial charge in [-0.3, -0.25) is 0 Å². The highest BCUT2D eigenvalue weighted by Gasteiger charge is 2.23. The van der Waals surface area contributed by atoms with Crippen LogP contribution in [0.2, 0.25) is 5.02 Å². The molecule has 22 heavy (non-hydrogen) atoms. The third-order valence-electron chi connectivity index (χ3n) is 3.10. The topological polar surface area (TPSA) is 74.8 Å². The van der Waals surface area contributed by atoms with E-state index in [0.29, 0.717) is 27.6 Å². The first-order valence-corrected chi connectivity index (χ1v) is 6.87. The van der Waals surface area contributed by atoms with Gasteiger partial charge in [0.1, 0.15) is 5.75 Å². The number of halogens is 1. The van der Waals surface area contributed by atoms with Crippen LogP contribution >= 0.6 is 11.6 Å². The minimum atomic E-state index is -0.545. The van der Waals surface area contributed by atoms with Gasteiger partial charge in [0.05, 0.1) is 18.4 Å². The summed E-state index contributed by atoms with van der Waals surface area (Å²) in [5, 5.41) is 10.7. The number of hydrogen-bond donors (Lipinski definition) is 2. The lowest BCUT2D eigenvalue weighted by molar-refractivity contribution is 0.172. The lowest BCUT2D eigenvalue weighted by atomic mass is 10.1. The SMILES string of the molecule is COc1cc(Cl)ccc1-c1c(O)[nH]c(C)c1OC(=O)N(C)C. The fraction of sp³-hybridized carbons (Fsp3) is 0.267. The molecule has 1 aromatic heterocycles. The van der Waals surface area contributed by atoms with E-state index in [0.717, 1.165) is 0 Å². The maximum Gasteiger partial charge on any atom is 0.414 e. The van der Waals surface area contributed by atoms with Crippen LogP contribution in [-0.4, -0.2) is 42.3 Å². The van der Waals surface area contributed by atoms with Crippen LogP contribution in [0.15, 0.2) is 18.2 Å². The second-order valence-corrected chi connectivity index (χ2v) is 5.35. The zero-order valence-corrected chi connectivity index (χ0v) is 13.5. The number of aromatic hydroxyl groups is 1. The maximum atomic E-state index is 11.8. The van der Waals surface area contributed by atoms with Crippen molar-refractivity contribution in [1.29, 1.82) is 0 Å². The molecule has 0 aliphatic rings. The Balaban J connectivity index is 2.58. The van der Waals surface area contributed by atoms with E-state index in [4.69, 9.17) is 21.1 Å². The highest BCUT2D eigenvalue weighted by atomic mass is 35.5. The van der Waals surface area contributed by atoms with Gasteiger partial charge in [-0.05, 0) is 25.1 Å². The molecule has 0 bridgehead atoms. The Morgan fingerprint density at radius 1 is 1.36 bits per heavy atom. The van der Waals surface area contributed by atoms with Crippen molar-refractivity contribution < 1.29 is 19.4 Å². The van der Waals surface area contributed by atoms with E-state index < -0.39 is 6.09 Å². The Morgan fingerprint density at radius 3 is 2.64 bits per heavy atom. The highest BCUT2D eigenvalue weighted by Crippen LogP contribution is 2.45. The van der Waals surface area contributed by atoms with Gasteiger partial charge in [-0.25, -0.2) is 4.79 Å². The monoisotopic (exact) mass is 324 g/mol. The van der Waals surface area contributed by atoms with Gasteiger partial charge in [-0.15, -0.1) is 0 Å². The molecular formula is C15H17ClN2O4. The van der Waals surface area contributed by atoms with Crippen LogP contribution in [0.1, 0.15) is 5.69 Å². The quantitative estimate of drug-likeness (QED) is 0.907. The molecule has 2 aromatic rings. The van der Waals surface area contributed by atoms with Gasteiger partial charge in [-0.1, -0.05) is 11.6 Å². The fourth-order valence-electron chi connectivity index (χ4n) is 2.02. The molecule has 1 aromatic carbocycles. The van der Waals surface area contributed by atoms with Crippen molar-refractivity contribution in [2.45, 2.75) is 6.92 Å². The number of amides is 1. The minimum Gasteiger partial charge on any atom is -0.496 e. The molecule has 2 N–H and O–H groups in total. The minimum absolute atomic E-state index is 0.111. The number of nitrogens with zero attached hydrogens (tertiary/aromatic N) is 1. The number of methoxy groups -OCH3 is 1. The van der Waals surface area contributed by atoms with Crippen molar-refractivity contribution in [3.63, 3.8) is 0 Å². The van der Waals surface area contributed by atoms with Crippen molar-refractivity contribution in [3.8, 4) is 28.5 Å². The number of carbonyl (C=O) groups excluding carboxylic acids is 1. The van der Waals surface area contributed by atoms with Crippen LogP contribution in [0, 0.1) is 6.92 Å². The van der Waals surface area contributed by atoms with Crippen molar-refractivity contribution in [2.24, 2.45) is 0 Å². The van der Waals surface area contributed by atoms with Gasteiger partial charge < -0.3 is 24.5 Å². The normalized spacial score (nSPS) is 10.4. The van der Waals surface area contributed by atoms with Gasteiger partial charge in [0, 0.05) is 24.7 Å². The molecule has 0 fully saturated rings. The summed E-state index contributed by atoms with van der Waals surface area (Å²) in [6.07, 6.45) is -0.545. The second kappa shape index (κ2) is 6.19. The molecule has 0 unspecified atom stereocenters. The number of rotatable bonds is 3. The smallest absolute Gasteiger partial charge is 0.414 e. The summed E-state index contributed by atoms with van der Waals surface area (Å²) in [5.74, 6) is 0.598. The number of carbonyl (C=O) groups is 1. The standard InChI is InChI=1S/C15H17ClN2O4/c1-8-13(22-15(20)18(2)3)12(14(19)17-8)10-6-5-9(16)7-11(10)21-4/h5-7,17,19H,1-4H3. The molecule has 1 amide bonds. The third kappa shape index (κ3) is 2.96. The first-order chi connectivity index (χ1) is 10.3. The lowest BCUT2D eigenvalue weighted by Gasteiger charge is -2.13. The number of H-pyrrole nitrogens is 1. The Morgan fingerprint density at radius 2 is 2.05 bits per heavy atom. The highest BCUT2D eigenvalue weighted by molar-refractivity contribution is 6.30. The molecule has 7 heteroatoms. The van der Waals surface area contributed by atoms with Gasteiger partial charge in [0.15, 0.2) is 5.75 Å². The summed E-state index contributed by atoms with van der Waals surface area (Å²) in [6, 6.07) is 4.98. The molecule has 118 valence electrons. The number of hydrogen-bond acceptors (Lipinski definition) is 4. The summed E-state index contributed by atoms with van der Waals surface area (Å²) in [5.41, 5.74) is 1.44. The molecule has 0 aliphatic carbocycles. The van der Waals surface area contributed by atoms with Crippen molar-refractivity contribution >= 4 is 17.7 Å². The Hall–Kier alpha value is -2.34. The van der Waals surface area contributed by atoms with Gasteiger partial charge in [-0.2, -0.15) is 0 Å². The molecule has 0 aliphatic heterocycles. The van der Waals surface area contributed by atoms with E-state index in [1.165, 1.54) is 12.0 Å². The second-order valence-electron chi connectivity index (χ2n) is 4.91. The molecule has 0 radical (unpaired) electrons. The Bertz CT molecular complexity index is 710. The maximum absolute atomic E-state index is 11.8. The zero-order chi connectivity index (χ0) is 16.4. The van der Waals surface area contributed by atoms with E-state index >= 15 is 0 Å². The zero-order valence-electron chi connectivity index (χ0n) is 12.7. The number of aromatic nitrogens is 1. The van der Waals surface area contributed by atoms with Crippen LogP contribution < -0.4 is 9.47 Å². The van der Waals surface area contributed by atoms with Gasteiger partial charge >= 0.3 is 6.09 Å². The van der Waals surface area contributed by atoms with E-state index in [1.54, 1.807) is 39.2 Å². The van der Waals surface area contributed by atoms with Crippen LogP contribution in [0.5, 0.6) is 17.4 Å². The number of ether oxygens (including phenoxy) is 2. The largest absolute Gasteiger partial charge is 0.496 e. The number of aryl methyl sites for hydroxylation is 1. The molecule has 2 rings (SSSR count). The third-order valence-corrected chi connectivity index (χ3v) is 3.33. The van der Waals surface area contributed by atoms with Crippen LogP contribution in [0.4, 0.5) is 4.79 Å². The number of nitrogens with one attached hydrogen (secondary N) is 1. The summed E-state index contributed by atoms with van der Waals surface area (Å²) in [4.78, 5) is 15.9. The van der Waals surface area contributed by atoms with E-state index in [1.807, 2.05) is 0 Å². The molecule has 0 spiro atoms. The Kier molecular flexibility index (Phi) is 4.51. The average molecular weight is 325 g/mol. The van der Waals surface area contributed by atoms with Crippen molar-refractivity contribution in [1.82, 2.24) is 9.88 Å². The van der Waals surface area contributed by atoms with E-state index in [2.05, 4.69) is 4.98 Å². The first kappa shape index (κ1) is 16.0. The molecule has 1 heterocycles. The van der Waals surface area contributed by atoms with Crippen molar-refractivity contribution in [3.05, 3.63) is 28.9 Å². The lowest BCUT2D eigenvalue weighted by Crippen LogP contribution is -2.25. The van der Waals surface area contributed by atoms with Crippen LogP contribution in [0.3, 0.4) is 0 Å². The van der Waals surface area contributed by atoms with Crippen LogP contribution in [0.25, 0.3) is 11.1 Å². The summed E-state index contributed by atoms with van der Waals surface area (Å²) >= 11 is 5.95. The molecule has 0 atom stereocenters. The number of benzene rings is 1. The molecule has 0 saturated carbocycles. The van der Waals surface area contributed by atoms with Gasteiger partial charge in [0.2, 0.25) is 5.88 Å². The number of aromatic amines is 1. The van der Waals surface area contributed by atoms with Gasteiger partial charge in [0.25, 0.3) is 0 Å². The summed E-state index contributed by atoms with van der Waals surface area (Å²) < 4.78 is 10.6. The summed E-state index contributed by atoms with van der Waals surface area (Å²) in [6.45, 7) is 1.70. The summed E-state index contributed by atoms with van der Waals surface area (Å²) in [7, 11) is 4.65. The van der Waals surface area contributed by atoms with E-state index in [-0.39, 0.29) is 11.6 Å². The fourth-order valence-corrected chi connectivity index (χ4v) is 2.18. The average Bonchev–Trinajstić information content (AvgIpc) is 2.73. The molecule has 0 saturated heterocycles. The Labute approximate surface area is 133 Å². The predicted molar refractivity (Wildman–Crippen MR) is 83.9 cm³/mol.